The Bertz CT molecular complexity index is 844. The number of halogens is 3. The fraction of sp³-hybridized carbons (Fsp3) is 0.391. The van der Waals surface area contributed by atoms with Gasteiger partial charge in [-0.3, -0.25) is 0 Å². The molecule has 162 valence electrons. The van der Waals surface area contributed by atoms with Gasteiger partial charge in [-0.1, -0.05) is 86.3 Å². The standard InChI is InChI=1S/C23H25Cl3O4/c1-2-3-4-5-6-7-8-12-29-22(27)16-10-9-11-17(13-16)23(28)30-21-19(25)14-18(24)15-20(21)26/h9-11,13-15H,2-8,12H2,1H3. The first kappa shape index (κ1) is 24.5. The van der Waals surface area contributed by atoms with E-state index < -0.39 is 11.9 Å². The van der Waals surface area contributed by atoms with E-state index in [1.165, 1.54) is 49.9 Å². The van der Waals surface area contributed by atoms with E-state index in [1.807, 2.05) is 0 Å². The highest BCUT2D eigenvalue weighted by Crippen LogP contribution is 2.36. The third-order valence-electron chi connectivity index (χ3n) is 4.47. The normalized spacial score (nSPS) is 10.7. The topological polar surface area (TPSA) is 52.6 Å². The van der Waals surface area contributed by atoms with Crippen LogP contribution < -0.4 is 4.74 Å². The molecule has 0 aliphatic rings. The molecular weight excluding hydrogens is 447 g/mol. The van der Waals surface area contributed by atoms with Crippen LogP contribution >= 0.6 is 34.8 Å². The summed E-state index contributed by atoms with van der Waals surface area (Å²) in [6.07, 6.45) is 7.97. The van der Waals surface area contributed by atoms with Crippen LogP contribution in [0.1, 0.15) is 72.6 Å². The van der Waals surface area contributed by atoms with E-state index in [9.17, 15) is 9.59 Å². The largest absolute Gasteiger partial charge is 0.462 e. The Labute approximate surface area is 192 Å². The molecule has 0 bridgehead atoms. The van der Waals surface area contributed by atoms with Crippen molar-refractivity contribution in [3.05, 3.63) is 62.6 Å². The number of ether oxygens (including phenoxy) is 2. The molecule has 0 aliphatic heterocycles. The second-order valence-corrected chi connectivity index (χ2v) is 8.18. The van der Waals surface area contributed by atoms with E-state index in [4.69, 9.17) is 44.3 Å². The number of unbranched alkanes of at least 4 members (excludes halogenated alkanes) is 6. The van der Waals surface area contributed by atoms with Gasteiger partial charge in [0.2, 0.25) is 0 Å². The van der Waals surface area contributed by atoms with E-state index in [2.05, 4.69) is 6.92 Å². The zero-order valence-corrected chi connectivity index (χ0v) is 19.2. The first-order chi connectivity index (χ1) is 14.4. The summed E-state index contributed by atoms with van der Waals surface area (Å²) in [5.41, 5.74) is 0.461. The molecule has 0 radical (unpaired) electrons. The summed E-state index contributed by atoms with van der Waals surface area (Å²) in [6.45, 7) is 2.55. The Hall–Kier alpha value is -1.75. The lowest BCUT2D eigenvalue weighted by molar-refractivity contribution is 0.0497. The van der Waals surface area contributed by atoms with Crippen LogP contribution in [0.4, 0.5) is 0 Å². The number of esters is 2. The van der Waals surface area contributed by atoms with Crippen LogP contribution in [0, 0.1) is 0 Å². The second-order valence-electron chi connectivity index (χ2n) is 6.93. The van der Waals surface area contributed by atoms with Crippen LogP contribution in [0.15, 0.2) is 36.4 Å². The lowest BCUT2D eigenvalue weighted by Gasteiger charge is -2.10. The van der Waals surface area contributed by atoms with Gasteiger partial charge in [-0.15, -0.1) is 0 Å². The van der Waals surface area contributed by atoms with Gasteiger partial charge in [0, 0.05) is 5.02 Å². The van der Waals surface area contributed by atoms with Gasteiger partial charge in [-0.05, 0) is 36.8 Å². The van der Waals surface area contributed by atoms with Crippen LogP contribution in [0.2, 0.25) is 15.1 Å². The quantitative estimate of drug-likeness (QED) is 0.191. The molecular formula is C23H25Cl3O4. The summed E-state index contributed by atoms with van der Waals surface area (Å²) in [7, 11) is 0. The van der Waals surface area contributed by atoms with Crippen molar-refractivity contribution in [3.63, 3.8) is 0 Å². The lowest BCUT2D eigenvalue weighted by atomic mass is 10.1. The molecule has 0 saturated heterocycles. The first-order valence-electron chi connectivity index (χ1n) is 10.1. The Morgan fingerprint density at radius 3 is 2.00 bits per heavy atom. The third kappa shape index (κ3) is 7.82. The highest BCUT2D eigenvalue weighted by Gasteiger charge is 2.17. The van der Waals surface area contributed by atoms with E-state index in [-0.39, 0.29) is 26.9 Å². The van der Waals surface area contributed by atoms with Gasteiger partial charge >= 0.3 is 11.9 Å². The predicted octanol–water partition coefficient (Wildman–Crippen LogP) is 7.77. The summed E-state index contributed by atoms with van der Waals surface area (Å²) < 4.78 is 10.6. The highest BCUT2D eigenvalue weighted by atomic mass is 35.5. The molecule has 2 aromatic rings. The van der Waals surface area contributed by atoms with Crippen molar-refractivity contribution in [3.8, 4) is 5.75 Å². The molecule has 0 fully saturated rings. The summed E-state index contributed by atoms with van der Waals surface area (Å²) >= 11 is 18.0. The van der Waals surface area contributed by atoms with Gasteiger partial charge < -0.3 is 9.47 Å². The zero-order chi connectivity index (χ0) is 21.9. The fourth-order valence-corrected chi connectivity index (χ4v) is 3.75. The molecule has 0 spiro atoms. The SMILES string of the molecule is CCCCCCCCCOC(=O)c1cccc(C(=O)Oc2c(Cl)cc(Cl)cc2Cl)c1. The van der Waals surface area contributed by atoms with Crippen molar-refractivity contribution >= 4 is 46.7 Å². The lowest BCUT2D eigenvalue weighted by Crippen LogP contribution is -2.12. The molecule has 0 unspecified atom stereocenters. The van der Waals surface area contributed by atoms with E-state index >= 15 is 0 Å². The maximum Gasteiger partial charge on any atom is 0.343 e. The minimum absolute atomic E-state index is 0.0136. The summed E-state index contributed by atoms with van der Waals surface area (Å²) in [6, 6.07) is 8.99. The number of rotatable bonds is 11. The van der Waals surface area contributed by atoms with Crippen LogP contribution in [-0.2, 0) is 4.74 Å². The molecule has 0 heterocycles. The number of hydrogen-bond acceptors (Lipinski definition) is 4. The second kappa shape index (κ2) is 12.8. The monoisotopic (exact) mass is 470 g/mol. The Morgan fingerprint density at radius 1 is 0.800 bits per heavy atom. The number of benzene rings is 2. The molecule has 0 N–H and O–H groups in total. The Balaban J connectivity index is 1.88. The molecule has 2 rings (SSSR count). The molecule has 0 aliphatic carbocycles. The molecule has 30 heavy (non-hydrogen) atoms. The summed E-state index contributed by atoms with van der Waals surface area (Å²) in [4.78, 5) is 24.7. The van der Waals surface area contributed by atoms with Crippen molar-refractivity contribution in [2.75, 3.05) is 6.61 Å². The minimum atomic E-state index is -0.692. The number of hydrogen-bond donors (Lipinski definition) is 0. The molecule has 0 aromatic heterocycles. The number of carbonyl (C=O) groups excluding carboxylic acids is 2. The zero-order valence-electron chi connectivity index (χ0n) is 16.9. The van der Waals surface area contributed by atoms with Crippen LogP contribution in [0.3, 0.4) is 0 Å². The Morgan fingerprint density at radius 2 is 1.37 bits per heavy atom. The van der Waals surface area contributed by atoms with Crippen molar-refractivity contribution < 1.29 is 19.1 Å². The fourth-order valence-electron chi connectivity index (χ4n) is 2.86. The first-order valence-corrected chi connectivity index (χ1v) is 11.2. The highest BCUT2D eigenvalue weighted by molar-refractivity contribution is 6.40. The van der Waals surface area contributed by atoms with Crippen molar-refractivity contribution in [1.82, 2.24) is 0 Å². The smallest absolute Gasteiger partial charge is 0.343 e. The van der Waals surface area contributed by atoms with Crippen LogP contribution in [-0.4, -0.2) is 18.5 Å². The van der Waals surface area contributed by atoms with Gasteiger partial charge in [0.05, 0.1) is 27.8 Å². The van der Waals surface area contributed by atoms with E-state index in [0.717, 1.165) is 19.3 Å². The van der Waals surface area contributed by atoms with Crippen molar-refractivity contribution in [2.24, 2.45) is 0 Å². The van der Waals surface area contributed by atoms with Crippen LogP contribution in [0.25, 0.3) is 0 Å². The number of carbonyl (C=O) groups is 2. The molecule has 4 nitrogen and oxygen atoms in total. The van der Waals surface area contributed by atoms with Gasteiger partial charge in [0.1, 0.15) is 0 Å². The average molecular weight is 472 g/mol. The molecule has 7 heteroatoms. The maximum atomic E-state index is 12.5. The molecule has 0 amide bonds. The van der Waals surface area contributed by atoms with Crippen LogP contribution in [0.5, 0.6) is 5.75 Å². The van der Waals surface area contributed by atoms with Gasteiger partial charge in [0.15, 0.2) is 5.75 Å². The van der Waals surface area contributed by atoms with Crippen molar-refractivity contribution in [2.45, 2.75) is 51.9 Å². The van der Waals surface area contributed by atoms with Gasteiger partial charge in [-0.2, -0.15) is 0 Å². The minimum Gasteiger partial charge on any atom is -0.462 e. The summed E-state index contributed by atoms with van der Waals surface area (Å²) in [5, 5.41) is 0.563. The van der Waals surface area contributed by atoms with Gasteiger partial charge in [0.25, 0.3) is 0 Å². The summed E-state index contributed by atoms with van der Waals surface area (Å²) in [5.74, 6) is -1.15. The molecule has 0 saturated carbocycles. The van der Waals surface area contributed by atoms with Gasteiger partial charge in [-0.25, -0.2) is 9.59 Å². The Kier molecular flexibility index (Phi) is 10.5. The average Bonchev–Trinajstić information content (AvgIpc) is 2.72. The third-order valence-corrected chi connectivity index (χ3v) is 5.25. The van der Waals surface area contributed by atoms with E-state index in [1.54, 1.807) is 12.1 Å². The predicted molar refractivity (Wildman–Crippen MR) is 121 cm³/mol. The molecule has 2 aromatic carbocycles. The van der Waals surface area contributed by atoms with E-state index in [0.29, 0.717) is 11.6 Å². The molecule has 0 atom stereocenters. The maximum absolute atomic E-state index is 12.5. The van der Waals surface area contributed by atoms with Crippen molar-refractivity contribution in [1.29, 1.82) is 0 Å².